The average molecular weight is 357 g/mol. The van der Waals surface area contributed by atoms with Gasteiger partial charge in [0.1, 0.15) is 5.69 Å². The largest absolute Gasteiger partial charge is 0.374 e. The highest BCUT2D eigenvalue weighted by molar-refractivity contribution is 6.02. The van der Waals surface area contributed by atoms with Crippen LogP contribution in [0.5, 0.6) is 0 Å². The number of nitro groups is 1. The summed E-state index contributed by atoms with van der Waals surface area (Å²) in [4.78, 5) is 34.8. The van der Waals surface area contributed by atoms with Gasteiger partial charge >= 0.3 is 0 Å². The van der Waals surface area contributed by atoms with Crippen molar-refractivity contribution in [2.24, 2.45) is 16.5 Å². The molecule has 0 unspecified atom stereocenters. The molecule has 0 saturated carbocycles. The smallest absolute Gasteiger partial charge is 0.293 e. The van der Waals surface area contributed by atoms with E-state index in [1.54, 1.807) is 0 Å². The Morgan fingerprint density at radius 2 is 1.85 bits per heavy atom. The van der Waals surface area contributed by atoms with Gasteiger partial charge in [-0.2, -0.15) is 4.99 Å². The van der Waals surface area contributed by atoms with Crippen LogP contribution in [-0.4, -0.2) is 26.8 Å². The first kappa shape index (κ1) is 18.8. The lowest BCUT2D eigenvalue weighted by Gasteiger charge is -2.11. The van der Waals surface area contributed by atoms with Crippen LogP contribution in [0, 0.1) is 30.9 Å². The maximum atomic E-state index is 11.8. The minimum Gasteiger partial charge on any atom is -0.374 e. The predicted molar refractivity (Wildman–Crippen MR) is 96.8 cm³/mol. The highest BCUT2D eigenvalue weighted by atomic mass is 16.6. The van der Waals surface area contributed by atoms with E-state index in [4.69, 9.17) is 11.5 Å². The number of aromatic nitrogens is 2. The van der Waals surface area contributed by atoms with Crippen molar-refractivity contribution < 1.29 is 9.72 Å². The van der Waals surface area contributed by atoms with E-state index in [1.807, 2.05) is 20.8 Å². The Hall–Kier alpha value is -3.56. The number of anilines is 1. The molecule has 5 N–H and O–H groups in total. The molecule has 1 aromatic heterocycles. The van der Waals surface area contributed by atoms with Crippen LogP contribution in [-0.2, 0) is 6.54 Å². The lowest BCUT2D eigenvalue weighted by atomic mass is 10.1. The molecule has 0 aliphatic heterocycles. The van der Waals surface area contributed by atoms with Gasteiger partial charge < -0.3 is 16.8 Å². The summed E-state index contributed by atoms with van der Waals surface area (Å²) in [5.74, 6) is -1.17. The number of carbonyl (C=O) groups is 1. The number of hydrogen-bond donors (Lipinski definition) is 3. The summed E-state index contributed by atoms with van der Waals surface area (Å²) in [5.41, 5.74) is 13.3. The first-order valence-corrected chi connectivity index (χ1v) is 7.66. The third kappa shape index (κ3) is 4.29. The predicted octanol–water partition coefficient (Wildman–Crippen LogP) is 1.34. The van der Waals surface area contributed by atoms with Gasteiger partial charge in [-0.15, -0.1) is 0 Å². The highest BCUT2D eigenvalue weighted by Gasteiger charge is 2.18. The molecule has 10 nitrogen and oxygen atoms in total. The molecular formula is C16H19N7O3. The highest BCUT2D eigenvalue weighted by Crippen LogP contribution is 2.26. The minimum absolute atomic E-state index is 0.0119. The van der Waals surface area contributed by atoms with Crippen molar-refractivity contribution in [3.8, 4) is 0 Å². The van der Waals surface area contributed by atoms with Crippen molar-refractivity contribution in [2.75, 3.05) is 5.32 Å². The molecule has 1 amide bonds. The zero-order valence-electron chi connectivity index (χ0n) is 14.6. The number of nitro benzene ring substituents is 1. The number of nitrogens with zero attached hydrogens (tertiary/aromatic N) is 4. The van der Waals surface area contributed by atoms with Crippen molar-refractivity contribution in [1.29, 1.82) is 0 Å². The molecule has 1 aromatic carbocycles. The molecule has 0 saturated heterocycles. The number of carbonyl (C=O) groups excluding carboxylic acids is 1. The minimum atomic E-state index is -0.754. The van der Waals surface area contributed by atoms with Crippen LogP contribution < -0.4 is 16.8 Å². The molecule has 0 aliphatic carbocycles. The van der Waals surface area contributed by atoms with Crippen LogP contribution in [0.4, 0.5) is 11.4 Å². The summed E-state index contributed by atoms with van der Waals surface area (Å²) in [7, 11) is 0. The summed E-state index contributed by atoms with van der Waals surface area (Å²) in [6.45, 7) is 5.78. The molecule has 136 valence electrons. The van der Waals surface area contributed by atoms with Gasteiger partial charge in [0.15, 0.2) is 5.96 Å². The monoisotopic (exact) mass is 357 g/mol. The zero-order valence-corrected chi connectivity index (χ0v) is 14.6. The second-order valence-corrected chi connectivity index (χ2v) is 5.61. The van der Waals surface area contributed by atoms with E-state index in [0.29, 0.717) is 5.69 Å². The van der Waals surface area contributed by atoms with E-state index >= 15 is 0 Å². The fourth-order valence-corrected chi connectivity index (χ4v) is 2.25. The quantitative estimate of drug-likeness (QED) is 0.312. The van der Waals surface area contributed by atoms with Crippen LogP contribution in [0.3, 0.4) is 0 Å². The molecule has 2 rings (SSSR count). The van der Waals surface area contributed by atoms with E-state index in [1.165, 1.54) is 12.1 Å². The van der Waals surface area contributed by atoms with Crippen LogP contribution in [0.1, 0.15) is 33.1 Å². The Balaban J connectivity index is 2.30. The lowest BCUT2D eigenvalue weighted by molar-refractivity contribution is -0.384. The van der Waals surface area contributed by atoms with Crippen molar-refractivity contribution in [3.63, 3.8) is 0 Å². The van der Waals surface area contributed by atoms with Crippen molar-refractivity contribution in [3.05, 3.63) is 56.7 Å². The number of amides is 1. The van der Waals surface area contributed by atoms with Crippen molar-refractivity contribution in [1.82, 2.24) is 9.97 Å². The number of aryl methyl sites for hydroxylation is 3. The number of aliphatic imine (C=N–C) groups is 1. The Morgan fingerprint density at radius 3 is 2.46 bits per heavy atom. The Bertz CT molecular complexity index is 905. The van der Waals surface area contributed by atoms with E-state index in [-0.39, 0.29) is 23.5 Å². The molecule has 0 radical (unpaired) electrons. The van der Waals surface area contributed by atoms with Gasteiger partial charge in [-0.3, -0.25) is 24.9 Å². The number of benzene rings is 1. The maximum Gasteiger partial charge on any atom is 0.293 e. The summed E-state index contributed by atoms with van der Waals surface area (Å²) in [5, 5.41) is 14.3. The Labute approximate surface area is 149 Å². The van der Waals surface area contributed by atoms with Crippen LogP contribution in [0.2, 0.25) is 0 Å². The fourth-order valence-electron chi connectivity index (χ4n) is 2.25. The molecule has 26 heavy (non-hydrogen) atoms. The van der Waals surface area contributed by atoms with Crippen molar-refractivity contribution in [2.45, 2.75) is 27.3 Å². The molecule has 0 bridgehead atoms. The van der Waals surface area contributed by atoms with Crippen LogP contribution in [0.15, 0.2) is 23.2 Å². The number of nitrogens with two attached hydrogens (primary N) is 2. The molecule has 0 aliphatic rings. The third-order valence-corrected chi connectivity index (χ3v) is 3.70. The van der Waals surface area contributed by atoms with Crippen LogP contribution >= 0.6 is 0 Å². The second kappa shape index (κ2) is 7.55. The molecule has 2 aromatic rings. The van der Waals surface area contributed by atoms with Gasteiger partial charge in [-0.1, -0.05) is 0 Å². The van der Waals surface area contributed by atoms with Gasteiger partial charge in [0.2, 0.25) is 0 Å². The first-order valence-electron chi connectivity index (χ1n) is 7.66. The average Bonchev–Trinajstić information content (AvgIpc) is 2.56. The second-order valence-electron chi connectivity index (χ2n) is 5.61. The van der Waals surface area contributed by atoms with Gasteiger partial charge in [0, 0.05) is 11.6 Å². The molecule has 0 spiro atoms. The standard InChI is InChI=1S/C16H19N7O3/c1-8-9(2)21-13(10(3)20-8)7-19-12-5-4-11(6-14(12)23(25)26)15(24)22-16(17)18/h4-6,19H,7H2,1-3H3,(H4,17,18,22,24). The third-order valence-electron chi connectivity index (χ3n) is 3.70. The maximum absolute atomic E-state index is 11.8. The molecular weight excluding hydrogens is 338 g/mol. The van der Waals surface area contributed by atoms with Gasteiger partial charge in [-0.05, 0) is 32.9 Å². The number of guanidine groups is 1. The van der Waals surface area contributed by atoms with Gasteiger partial charge in [0.05, 0.1) is 34.2 Å². The van der Waals surface area contributed by atoms with E-state index in [2.05, 4.69) is 20.3 Å². The molecule has 0 atom stereocenters. The Kier molecular flexibility index (Phi) is 5.45. The summed E-state index contributed by atoms with van der Waals surface area (Å²) < 4.78 is 0. The van der Waals surface area contributed by atoms with Crippen LogP contribution in [0.25, 0.3) is 0 Å². The summed E-state index contributed by atoms with van der Waals surface area (Å²) >= 11 is 0. The van der Waals surface area contributed by atoms with Gasteiger partial charge in [0.25, 0.3) is 11.6 Å². The number of hydrogen-bond acceptors (Lipinski definition) is 6. The lowest BCUT2D eigenvalue weighted by Crippen LogP contribution is -2.24. The zero-order chi connectivity index (χ0) is 19.4. The molecule has 0 fully saturated rings. The van der Waals surface area contributed by atoms with Gasteiger partial charge in [-0.25, -0.2) is 0 Å². The van der Waals surface area contributed by atoms with Crippen molar-refractivity contribution >= 4 is 23.2 Å². The summed E-state index contributed by atoms with van der Waals surface area (Å²) in [6.07, 6.45) is 0. The SMILES string of the molecule is Cc1nc(C)c(CNc2ccc(C(=O)N=C(N)N)cc2[N+](=O)[O-])nc1C. The Morgan fingerprint density at radius 1 is 1.19 bits per heavy atom. The van der Waals surface area contributed by atoms with E-state index in [0.717, 1.165) is 23.1 Å². The first-order chi connectivity index (χ1) is 12.2. The topological polar surface area (TPSA) is 162 Å². The molecule has 1 heterocycles. The van der Waals surface area contributed by atoms with E-state index in [9.17, 15) is 14.9 Å². The fraction of sp³-hybridized carbons (Fsp3) is 0.250. The molecule has 10 heteroatoms. The normalized spacial score (nSPS) is 10.3. The van der Waals surface area contributed by atoms with E-state index < -0.39 is 16.8 Å². The number of rotatable bonds is 5. The summed E-state index contributed by atoms with van der Waals surface area (Å²) in [6, 6.07) is 3.95. The number of nitrogens with one attached hydrogen (secondary N) is 1.